The second-order valence-electron chi connectivity index (χ2n) is 4.08. The summed E-state index contributed by atoms with van der Waals surface area (Å²) in [5, 5.41) is 7.39. The number of rotatable bonds is 2. The molecule has 1 amide bonds. The molecule has 1 aliphatic rings. The lowest BCUT2D eigenvalue weighted by Gasteiger charge is -2.14. The van der Waals surface area contributed by atoms with Crippen LogP contribution in [0, 0.1) is 12.8 Å². The standard InChI is InChI=1S/C10H16N4O/c1-6-7(5-13-14(6)2)8-3-12-4-9(8)10(11)15/h5,8-9,12H,3-4H2,1-2H3,(H2,11,15)/t8-,9+/m0/s1. The maximum absolute atomic E-state index is 11.3. The number of hydrogen-bond donors (Lipinski definition) is 2. The van der Waals surface area contributed by atoms with E-state index in [1.54, 1.807) is 0 Å². The van der Waals surface area contributed by atoms with Gasteiger partial charge in [0.15, 0.2) is 0 Å². The van der Waals surface area contributed by atoms with Crippen LogP contribution in [0.5, 0.6) is 0 Å². The van der Waals surface area contributed by atoms with Gasteiger partial charge in [0.05, 0.1) is 12.1 Å². The van der Waals surface area contributed by atoms with Gasteiger partial charge in [-0.3, -0.25) is 9.48 Å². The highest BCUT2D eigenvalue weighted by atomic mass is 16.1. The van der Waals surface area contributed by atoms with Crippen LogP contribution in [0.1, 0.15) is 17.2 Å². The summed E-state index contributed by atoms with van der Waals surface area (Å²) in [6.45, 7) is 3.49. The maximum atomic E-state index is 11.3. The minimum absolute atomic E-state index is 0.104. The van der Waals surface area contributed by atoms with Crippen LogP contribution >= 0.6 is 0 Å². The average molecular weight is 208 g/mol. The molecule has 1 aliphatic heterocycles. The first kappa shape index (κ1) is 10.2. The molecule has 3 N–H and O–H groups in total. The summed E-state index contributed by atoms with van der Waals surface area (Å²) in [5.41, 5.74) is 7.61. The fourth-order valence-electron chi connectivity index (χ4n) is 2.18. The Hall–Kier alpha value is -1.36. The molecule has 1 saturated heterocycles. The van der Waals surface area contributed by atoms with Gasteiger partial charge < -0.3 is 11.1 Å². The number of carbonyl (C=O) groups is 1. The van der Waals surface area contributed by atoms with Crippen molar-refractivity contribution in [2.45, 2.75) is 12.8 Å². The summed E-state index contributed by atoms with van der Waals surface area (Å²) in [6.07, 6.45) is 1.84. The molecule has 1 aromatic heterocycles. The maximum Gasteiger partial charge on any atom is 0.222 e. The summed E-state index contributed by atoms with van der Waals surface area (Å²) in [5.74, 6) is -0.155. The molecule has 82 valence electrons. The Balaban J connectivity index is 2.30. The lowest BCUT2D eigenvalue weighted by molar-refractivity contribution is -0.121. The number of primary amides is 1. The molecule has 0 saturated carbocycles. The zero-order chi connectivity index (χ0) is 11.0. The van der Waals surface area contributed by atoms with E-state index in [2.05, 4.69) is 10.4 Å². The molecule has 0 aromatic carbocycles. The molecule has 1 fully saturated rings. The van der Waals surface area contributed by atoms with E-state index in [4.69, 9.17) is 5.73 Å². The topological polar surface area (TPSA) is 72.9 Å². The average Bonchev–Trinajstić information content (AvgIpc) is 2.75. The predicted molar refractivity (Wildman–Crippen MR) is 56.2 cm³/mol. The van der Waals surface area contributed by atoms with Crippen LogP contribution < -0.4 is 11.1 Å². The second-order valence-corrected chi connectivity index (χ2v) is 4.08. The van der Waals surface area contributed by atoms with Crippen LogP contribution in [0.3, 0.4) is 0 Å². The number of nitrogens with zero attached hydrogens (tertiary/aromatic N) is 2. The molecule has 5 heteroatoms. The highest BCUT2D eigenvalue weighted by Gasteiger charge is 2.34. The molecule has 2 heterocycles. The molecule has 0 unspecified atom stereocenters. The van der Waals surface area contributed by atoms with E-state index in [0.29, 0.717) is 6.54 Å². The molecule has 0 radical (unpaired) electrons. The Bertz CT molecular complexity index is 385. The zero-order valence-corrected chi connectivity index (χ0v) is 9.03. The van der Waals surface area contributed by atoms with Gasteiger partial charge in [-0.15, -0.1) is 0 Å². The zero-order valence-electron chi connectivity index (χ0n) is 9.03. The van der Waals surface area contributed by atoms with Crippen molar-refractivity contribution < 1.29 is 4.79 Å². The van der Waals surface area contributed by atoms with Crippen molar-refractivity contribution in [2.75, 3.05) is 13.1 Å². The second kappa shape index (κ2) is 3.66. The first-order chi connectivity index (χ1) is 7.11. The predicted octanol–water partition coefficient (Wildman–Crippen LogP) is -0.483. The Morgan fingerprint density at radius 1 is 1.67 bits per heavy atom. The van der Waals surface area contributed by atoms with Gasteiger partial charge >= 0.3 is 0 Å². The molecule has 15 heavy (non-hydrogen) atoms. The minimum Gasteiger partial charge on any atom is -0.369 e. The van der Waals surface area contributed by atoms with E-state index < -0.39 is 0 Å². The third-order valence-electron chi connectivity index (χ3n) is 3.25. The molecule has 0 bridgehead atoms. The SMILES string of the molecule is Cc1c([C@@H]2CNC[C@H]2C(N)=O)cnn1C. The minimum atomic E-state index is -0.228. The molecule has 1 aromatic rings. The van der Waals surface area contributed by atoms with Gasteiger partial charge in [0.1, 0.15) is 0 Å². The summed E-state index contributed by atoms with van der Waals surface area (Å²) in [4.78, 5) is 11.3. The van der Waals surface area contributed by atoms with Crippen LogP contribution in [0.15, 0.2) is 6.20 Å². The van der Waals surface area contributed by atoms with Crippen LogP contribution in [0.2, 0.25) is 0 Å². The molecular weight excluding hydrogens is 192 g/mol. The molecular formula is C10H16N4O. The Kier molecular flexibility index (Phi) is 2.48. The lowest BCUT2D eigenvalue weighted by atomic mass is 9.89. The van der Waals surface area contributed by atoms with Crippen molar-refractivity contribution in [3.05, 3.63) is 17.5 Å². The van der Waals surface area contributed by atoms with Crippen molar-refractivity contribution in [1.82, 2.24) is 15.1 Å². The molecule has 0 spiro atoms. The monoisotopic (exact) mass is 208 g/mol. The third kappa shape index (κ3) is 1.63. The number of aryl methyl sites for hydroxylation is 1. The van der Waals surface area contributed by atoms with Gasteiger partial charge in [0.2, 0.25) is 5.91 Å². The van der Waals surface area contributed by atoms with Gasteiger partial charge in [-0.05, 0) is 12.5 Å². The van der Waals surface area contributed by atoms with E-state index in [-0.39, 0.29) is 17.7 Å². The van der Waals surface area contributed by atoms with Crippen molar-refractivity contribution in [3.8, 4) is 0 Å². The number of carbonyl (C=O) groups excluding carboxylic acids is 1. The largest absolute Gasteiger partial charge is 0.369 e. The van der Waals surface area contributed by atoms with Crippen LogP contribution in [0.25, 0.3) is 0 Å². The smallest absolute Gasteiger partial charge is 0.222 e. The van der Waals surface area contributed by atoms with Gasteiger partial charge in [-0.2, -0.15) is 5.10 Å². The van der Waals surface area contributed by atoms with E-state index in [1.807, 2.05) is 24.9 Å². The summed E-state index contributed by atoms with van der Waals surface area (Å²) >= 11 is 0. The quantitative estimate of drug-likeness (QED) is 0.689. The molecule has 2 atom stereocenters. The normalized spacial score (nSPS) is 25.7. The fraction of sp³-hybridized carbons (Fsp3) is 0.600. The Labute approximate surface area is 88.6 Å². The fourth-order valence-corrected chi connectivity index (χ4v) is 2.18. The van der Waals surface area contributed by atoms with Gasteiger partial charge in [0, 0.05) is 31.7 Å². The lowest BCUT2D eigenvalue weighted by Crippen LogP contribution is -2.28. The van der Waals surface area contributed by atoms with Crippen molar-refractivity contribution in [3.63, 3.8) is 0 Å². The Morgan fingerprint density at radius 3 is 2.93 bits per heavy atom. The number of amides is 1. The number of nitrogens with one attached hydrogen (secondary N) is 1. The highest BCUT2D eigenvalue weighted by Crippen LogP contribution is 2.29. The van der Waals surface area contributed by atoms with Crippen LogP contribution in [-0.4, -0.2) is 28.8 Å². The van der Waals surface area contributed by atoms with E-state index in [9.17, 15) is 4.79 Å². The van der Waals surface area contributed by atoms with E-state index in [0.717, 1.165) is 17.8 Å². The van der Waals surface area contributed by atoms with Gasteiger partial charge in [-0.25, -0.2) is 0 Å². The molecule has 2 rings (SSSR count). The first-order valence-electron chi connectivity index (χ1n) is 5.09. The molecule has 5 nitrogen and oxygen atoms in total. The van der Waals surface area contributed by atoms with Crippen molar-refractivity contribution in [2.24, 2.45) is 18.7 Å². The summed E-state index contributed by atoms with van der Waals surface area (Å²) < 4.78 is 1.83. The van der Waals surface area contributed by atoms with Crippen molar-refractivity contribution >= 4 is 5.91 Å². The van der Waals surface area contributed by atoms with E-state index in [1.165, 1.54) is 0 Å². The van der Waals surface area contributed by atoms with Crippen LogP contribution in [-0.2, 0) is 11.8 Å². The first-order valence-corrected chi connectivity index (χ1v) is 5.09. The Morgan fingerprint density at radius 2 is 2.40 bits per heavy atom. The third-order valence-corrected chi connectivity index (χ3v) is 3.25. The number of hydrogen-bond acceptors (Lipinski definition) is 3. The van der Waals surface area contributed by atoms with Crippen LogP contribution in [0.4, 0.5) is 0 Å². The molecule has 0 aliphatic carbocycles. The number of nitrogens with two attached hydrogens (primary N) is 1. The summed E-state index contributed by atoms with van der Waals surface area (Å²) in [7, 11) is 1.90. The van der Waals surface area contributed by atoms with Crippen molar-refractivity contribution in [1.29, 1.82) is 0 Å². The van der Waals surface area contributed by atoms with E-state index >= 15 is 0 Å². The van der Waals surface area contributed by atoms with Gasteiger partial charge in [-0.1, -0.05) is 0 Å². The number of aromatic nitrogens is 2. The van der Waals surface area contributed by atoms with Gasteiger partial charge in [0.25, 0.3) is 0 Å². The summed E-state index contributed by atoms with van der Waals surface area (Å²) in [6, 6.07) is 0. The highest BCUT2D eigenvalue weighted by molar-refractivity contribution is 5.78.